The van der Waals surface area contributed by atoms with E-state index in [1.165, 1.54) is 22.7 Å². The highest BCUT2D eigenvalue weighted by atomic mass is 32.1. The number of aldehydes is 1. The smallest absolute Gasteiger partial charge is 0.262 e. The normalized spacial score (nSPS) is 12.0. The average molecular weight is 343 g/mol. The summed E-state index contributed by atoms with van der Waals surface area (Å²) in [6, 6.07) is 10.5. The number of carbonyl (C=O) groups is 3. The third-order valence-electron chi connectivity index (χ3n) is 3.41. The zero-order valence-electron chi connectivity index (χ0n) is 12.0. The standard InChI is InChI=1S/C17H13NO3S2/c19-7-5-13(20)16(12-6-8-22-10-12)18-17(21)15-9-11-3-1-2-4-14(11)23-15/h1-4,6-10,16H,5H2,(H,18,21). The van der Waals surface area contributed by atoms with Crippen molar-refractivity contribution in [1.82, 2.24) is 5.32 Å². The third kappa shape index (κ3) is 3.38. The molecule has 6 heteroatoms. The molecule has 116 valence electrons. The van der Waals surface area contributed by atoms with Gasteiger partial charge in [0.1, 0.15) is 12.3 Å². The molecule has 0 bridgehead atoms. The van der Waals surface area contributed by atoms with Gasteiger partial charge in [-0.05, 0) is 39.9 Å². The minimum absolute atomic E-state index is 0.215. The SMILES string of the molecule is O=CCC(=O)C(NC(=O)c1cc2ccccc2s1)c1ccsc1. The monoisotopic (exact) mass is 343 g/mol. The Morgan fingerprint density at radius 3 is 2.74 bits per heavy atom. The molecule has 2 aromatic heterocycles. The summed E-state index contributed by atoms with van der Waals surface area (Å²) >= 11 is 2.82. The van der Waals surface area contributed by atoms with Gasteiger partial charge in [-0.1, -0.05) is 18.2 Å². The van der Waals surface area contributed by atoms with Gasteiger partial charge in [-0.2, -0.15) is 11.3 Å². The predicted molar refractivity (Wildman–Crippen MR) is 92.0 cm³/mol. The summed E-state index contributed by atoms with van der Waals surface area (Å²) < 4.78 is 1.02. The Morgan fingerprint density at radius 1 is 1.22 bits per heavy atom. The van der Waals surface area contributed by atoms with E-state index in [2.05, 4.69) is 5.32 Å². The number of Topliss-reactive ketones (excluding diaryl/α,β-unsaturated/α-hetero) is 1. The molecule has 0 aliphatic carbocycles. The molecular weight excluding hydrogens is 330 g/mol. The van der Waals surface area contributed by atoms with E-state index >= 15 is 0 Å². The van der Waals surface area contributed by atoms with E-state index in [4.69, 9.17) is 0 Å². The van der Waals surface area contributed by atoms with Crippen molar-refractivity contribution in [2.45, 2.75) is 12.5 Å². The van der Waals surface area contributed by atoms with Crippen LogP contribution in [0.3, 0.4) is 0 Å². The van der Waals surface area contributed by atoms with Gasteiger partial charge in [0, 0.05) is 4.70 Å². The maximum absolute atomic E-state index is 12.5. The minimum Gasteiger partial charge on any atom is -0.337 e. The van der Waals surface area contributed by atoms with Gasteiger partial charge in [-0.25, -0.2) is 0 Å². The first-order chi connectivity index (χ1) is 11.2. The molecule has 1 unspecified atom stereocenters. The van der Waals surface area contributed by atoms with Crippen molar-refractivity contribution < 1.29 is 14.4 Å². The first-order valence-corrected chi connectivity index (χ1v) is 8.73. The second-order valence-electron chi connectivity index (χ2n) is 4.95. The van der Waals surface area contributed by atoms with Gasteiger partial charge in [0.2, 0.25) is 0 Å². The highest BCUT2D eigenvalue weighted by Crippen LogP contribution is 2.26. The molecule has 23 heavy (non-hydrogen) atoms. The summed E-state index contributed by atoms with van der Waals surface area (Å²) in [6.07, 6.45) is 0.348. The van der Waals surface area contributed by atoms with Crippen LogP contribution in [0.2, 0.25) is 0 Å². The molecule has 0 saturated carbocycles. The second kappa shape index (κ2) is 6.85. The van der Waals surface area contributed by atoms with Crippen molar-refractivity contribution in [2.24, 2.45) is 0 Å². The van der Waals surface area contributed by atoms with Gasteiger partial charge in [0.25, 0.3) is 5.91 Å². The minimum atomic E-state index is -0.788. The number of hydrogen-bond donors (Lipinski definition) is 1. The number of thiophene rings is 2. The average Bonchev–Trinajstić information content (AvgIpc) is 3.21. The quantitative estimate of drug-likeness (QED) is 0.549. The zero-order chi connectivity index (χ0) is 16.2. The second-order valence-corrected chi connectivity index (χ2v) is 6.81. The lowest BCUT2D eigenvalue weighted by Crippen LogP contribution is -2.33. The molecule has 0 spiro atoms. The fourth-order valence-corrected chi connectivity index (χ4v) is 3.94. The molecule has 3 rings (SSSR count). The Bertz CT molecular complexity index is 819. The van der Waals surface area contributed by atoms with Crippen molar-refractivity contribution in [3.63, 3.8) is 0 Å². The lowest BCUT2D eigenvalue weighted by atomic mass is 10.0. The molecule has 1 amide bonds. The van der Waals surface area contributed by atoms with E-state index in [9.17, 15) is 14.4 Å². The van der Waals surface area contributed by atoms with Crippen molar-refractivity contribution >= 4 is 50.7 Å². The summed E-state index contributed by atoms with van der Waals surface area (Å²) in [4.78, 5) is 35.8. The number of rotatable bonds is 6. The van der Waals surface area contributed by atoms with Crippen LogP contribution < -0.4 is 5.32 Å². The number of amides is 1. The van der Waals surface area contributed by atoms with E-state index in [0.717, 1.165) is 10.1 Å². The Kier molecular flexibility index (Phi) is 4.64. The summed E-state index contributed by atoms with van der Waals surface area (Å²) in [7, 11) is 0. The molecule has 1 aromatic carbocycles. The van der Waals surface area contributed by atoms with E-state index < -0.39 is 6.04 Å². The van der Waals surface area contributed by atoms with E-state index in [1.54, 1.807) is 11.4 Å². The Balaban J connectivity index is 1.85. The van der Waals surface area contributed by atoms with Crippen molar-refractivity contribution in [3.05, 3.63) is 57.6 Å². The van der Waals surface area contributed by atoms with Crippen LogP contribution in [0.4, 0.5) is 0 Å². The number of fused-ring (bicyclic) bond motifs is 1. The summed E-state index contributed by atoms with van der Waals surface area (Å²) in [5.41, 5.74) is 0.705. The van der Waals surface area contributed by atoms with Crippen molar-refractivity contribution in [1.29, 1.82) is 0 Å². The molecule has 1 N–H and O–H groups in total. The van der Waals surface area contributed by atoms with E-state index in [1.807, 2.05) is 35.7 Å². The first-order valence-electron chi connectivity index (χ1n) is 6.97. The highest BCUT2D eigenvalue weighted by molar-refractivity contribution is 7.20. The molecule has 1 atom stereocenters. The molecule has 0 fully saturated rings. The fraction of sp³-hybridized carbons (Fsp3) is 0.118. The Morgan fingerprint density at radius 2 is 2.04 bits per heavy atom. The summed E-state index contributed by atoms with van der Waals surface area (Å²) in [6.45, 7) is 0. The van der Waals surface area contributed by atoms with Gasteiger partial charge < -0.3 is 10.1 Å². The van der Waals surface area contributed by atoms with Crippen molar-refractivity contribution in [3.8, 4) is 0 Å². The molecule has 4 nitrogen and oxygen atoms in total. The number of ketones is 1. The van der Waals surface area contributed by atoms with Crippen LogP contribution in [0.5, 0.6) is 0 Å². The first kappa shape index (κ1) is 15.6. The fourth-order valence-electron chi connectivity index (χ4n) is 2.28. The van der Waals surface area contributed by atoms with Crippen LogP contribution in [0.25, 0.3) is 10.1 Å². The number of hydrogen-bond acceptors (Lipinski definition) is 5. The van der Waals surface area contributed by atoms with E-state index in [-0.39, 0.29) is 18.1 Å². The van der Waals surface area contributed by atoms with Gasteiger partial charge in [-0.15, -0.1) is 11.3 Å². The van der Waals surface area contributed by atoms with Crippen LogP contribution in [-0.4, -0.2) is 18.0 Å². The molecule has 0 radical (unpaired) electrons. The van der Waals surface area contributed by atoms with Crippen LogP contribution in [-0.2, 0) is 9.59 Å². The van der Waals surface area contributed by atoms with E-state index in [0.29, 0.717) is 16.7 Å². The lowest BCUT2D eigenvalue weighted by molar-refractivity contribution is -0.123. The lowest BCUT2D eigenvalue weighted by Gasteiger charge is -2.15. The topological polar surface area (TPSA) is 63.2 Å². The molecule has 0 aliphatic rings. The van der Waals surface area contributed by atoms with Crippen molar-refractivity contribution in [2.75, 3.05) is 0 Å². The maximum Gasteiger partial charge on any atom is 0.262 e. The largest absolute Gasteiger partial charge is 0.337 e. The molecule has 0 aliphatic heterocycles. The predicted octanol–water partition coefficient (Wildman–Crippen LogP) is 3.59. The Labute approximate surface area is 140 Å². The highest BCUT2D eigenvalue weighted by Gasteiger charge is 2.24. The summed E-state index contributed by atoms with van der Waals surface area (Å²) in [5, 5.41) is 7.38. The van der Waals surface area contributed by atoms with Gasteiger partial charge in [0.15, 0.2) is 5.78 Å². The number of nitrogens with one attached hydrogen (secondary N) is 1. The number of carbonyl (C=O) groups excluding carboxylic acids is 3. The maximum atomic E-state index is 12.5. The molecular formula is C17H13NO3S2. The Hall–Kier alpha value is -2.31. The molecule has 3 aromatic rings. The van der Waals surface area contributed by atoms with Crippen LogP contribution in [0, 0.1) is 0 Å². The van der Waals surface area contributed by atoms with Gasteiger partial charge >= 0.3 is 0 Å². The zero-order valence-corrected chi connectivity index (χ0v) is 13.7. The summed E-state index contributed by atoms with van der Waals surface area (Å²) in [5.74, 6) is -0.616. The van der Waals surface area contributed by atoms with Gasteiger partial charge in [-0.3, -0.25) is 9.59 Å². The van der Waals surface area contributed by atoms with Crippen LogP contribution >= 0.6 is 22.7 Å². The molecule has 2 heterocycles. The van der Waals surface area contributed by atoms with Gasteiger partial charge in [0.05, 0.1) is 11.3 Å². The number of benzene rings is 1. The third-order valence-corrected chi connectivity index (χ3v) is 5.22. The van der Waals surface area contributed by atoms with Crippen LogP contribution in [0.15, 0.2) is 47.2 Å². The molecule has 0 saturated heterocycles. The van der Waals surface area contributed by atoms with Crippen LogP contribution in [0.1, 0.15) is 27.7 Å².